The highest BCUT2D eigenvalue weighted by atomic mass is 32.2. The summed E-state index contributed by atoms with van der Waals surface area (Å²) >= 11 is 5.72. The fourth-order valence-electron chi connectivity index (χ4n) is 1.37. The van der Waals surface area contributed by atoms with Gasteiger partial charge in [-0.3, -0.25) is 0 Å². The molecule has 1 heterocycles. The molecule has 0 spiro atoms. The van der Waals surface area contributed by atoms with Gasteiger partial charge in [-0.05, 0) is 12.1 Å². The molecule has 1 aromatic rings. The lowest BCUT2D eigenvalue weighted by molar-refractivity contribution is 0.622. The Labute approximate surface area is 91.1 Å². The van der Waals surface area contributed by atoms with Crippen LogP contribution in [0.5, 0.6) is 0 Å². The number of halogens is 1. The van der Waals surface area contributed by atoms with Gasteiger partial charge in [0.2, 0.25) is 0 Å². The molecule has 0 radical (unpaired) electrons. The summed E-state index contributed by atoms with van der Waals surface area (Å²) in [6.07, 6.45) is 0. The summed E-state index contributed by atoms with van der Waals surface area (Å²) in [6, 6.07) is 4.87. The first-order valence-corrected chi connectivity index (χ1v) is 5.34. The van der Waals surface area contributed by atoms with Crippen LogP contribution in [0.25, 0.3) is 0 Å². The second kappa shape index (κ2) is 3.37. The van der Waals surface area contributed by atoms with Crippen molar-refractivity contribution in [3.8, 4) is 6.07 Å². The molecular weight excluding hydrogens is 219 g/mol. The van der Waals surface area contributed by atoms with E-state index < -0.39 is 0 Å². The highest BCUT2D eigenvalue weighted by Crippen LogP contribution is 2.45. The van der Waals surface area contributed by atoms with E-state index in [1.807, 2.05) is 6.07 Å². The van der Waals surface area contributed by atoms with Crippen molar-refractivity contribution in [1.82, 2.24) is 0 Å². The average Bonchev–Trinajstić information content (AvgIpc) is 2.43. The molecule has 5 heteroatoms. The molecule has 0 aromatic heterocycles. The highest BCUT2D eigenvalue weighted by molar-refractivity contribution is 8.10. The summed E-state index contributed by atoms with van der Waals surface area (Å²) in [4.78, 5) is 2.53. The van der Waals surface area contributed by atoms with Crippen LogP contribution in [0.1, 0.15) is 5.56 Å². The first-order valence-electron chi connectivity index (χ1n) is 3.94. The summed E-state index contributed by atoms with van der Waals surface area (Å²) in [5.41, 5.74) is 0.888. The van der Waals surface area contributed by atoms with Crippen molar-refractivity contribution in [2.45, 2.75) is 9.60 Å². The van der Waals surface area contributed by atoms with Crippen LogP contribution in [-0.4, -0.2) is 11.8 Å². The van der Waals surface area contributed by atoms with Crippen molar-refractivity contribution in [3.05, 3.63) is 23.5 Å². The zero-order chi connectivity index (χ0) is 10.3. The van der Waals surface area contributed by atoms with E-state index in [4.69, 9.17) is 5.26 Å². The van der Waals surface area contributed by atoms with Crippen LogP contribution in [0.2, 0.25) is 0 Å². The molecule has 0 fully saturated rings. The molecule has 0 saturated heterocycles. The number of nitrogens with zero attached hydrogens (tertiary/aromatic N) is 2. The molecule has 2 rings (SSSR count). The van der Waals surface area contributed by atoms with Gasteiger partial charge in [0, 0.05) is 11.9 Å². The molecular formula is C9H7FN2S2. The molecule has 0 bridgehead atoms. The van der Waals surface area contributed by atoms with Crippen molar-refractivity contribution >= 4 is 30.1 Å². The Morgan fingerprint density at radius 1 is 1.64 bits per heavy atom. The summed E-state index contributed by atoms with van der Waals surface area (Å²) in [5.74, 6) is -0.356. The monoisotopic (exact) mass is 226 g/mol. The lowest BCUT2D eigenvalue weighted by Gasteiger charge is -2.16. The SMILES string of the molecule is CN1c2c(F)cc(C#N)cc2SC1S. The molecule has 0 N–H and O–H groups in total. The number of anilines is 1. The van der Waals surface area contributed by atoms with Crippen molar-refractivity contribution in [3.63, 3.8) is 0 Å². The third kappa shape index (κ3) is 1.35. The summed E-state index contributed by atoms with van der Waals surface area (Å²) in [5, 5.41) is 8.67. The Morgan fingerprint density at radius 3 is 3.00 bits per heavy atom. The Kier molecular flexibility index (Phi) is 2.33. The molecule has 1 aliphatic rings. The molecule has 0 aliphatic carbocycles. The molecule has 0 saturated carbocycles. The van der Waals surface area contributed by atoms with Gasteiger partial charge in [-0.1, -0.05) is 11.8 Å². The molecule has 1 aromatic carbocycles. The van der Waals surface area contributed by atoms with Crippen molar-refractivity contribution in [1.29, 1.82) is 5.26 Å². The minimum atomic E-state index is -0.356. The predicted molar refractivity (Wildman–Crippen MR) is 58.1 cm³/mol. The van der Waals surface area contributed by atoms with Crippen LogP contribution >= 0.6 is 24.4 Å². The number of nitriles is 1. The van der Waals surface area contributed by atoms with E-state index in [1.54, 1.807) is 18.0 Å². The van der Waals surface area contributed by atoms with Gasteiger partial charge in [0.1, 0.15) is 10.5 Å². The molecule has 72 valence electrons. The van der Waals surface area contributed by atoms with Gasteiger partial charge >= 0.3 is 0 Å². The maximum absolute atomic E-state index is 13.5. The van der Waals surface area contributed by atoms with Gasteiger partial charge in [-0.15, -0.1) is 12.6 Å². The van der Waals surface area contributed by atoms with Crippen molar-refractivity contribution in [2.24, 2.45) is 0 Å². The van der Waals surface area contributed by atoms with E-state index in [2.05, 4.69) is 12.6 Å². The minimum Gasteiger partial charge on any atom is -0.351 e. The quantitative estimate of drug-likeness (QED) is 0.688. The highest BCUT2D eigenvalue weighted by Gasteiger charge is 2.28. The second-order valence-corrected chi connectivity index (χ2v) is 4.93. The predicted octanol–water partition coefficient (Wildman–Crippen LogP) is 2.45. The van der Waals surface area contributed by atoms with E-state index in [-0.39, 0.29) is 10.5 Å². The fourth-order valence-corrected chi connectivity index (χ4v) is 2.87. The van der Waals surface area contributed by atoms with Crippen LogP contribution in [0, 0.1) is 17.1 Å². The first kappa shape index (κ1) is 9.69. The van der Waals surface area contributed by atoms with Gasteiger partial charge in [-0.2, -0.15) is 5.26 Å². The number of fused-ring (bicyclic) bond motifs is 1. The van der Waals surface area contributed by atoms with E-state index in [1.165, 1.54) is 17.8 Å². The zero-order valence-electron chi connectivity index (χ0n) is 7.36. The maximum Gasteiger partial charge on any atom is 0.149 e. The fraction of sp³-hybridized carbons (Fsp3) is 0.222. The number of benzene rings is 1. The van der Waals surface area contributed by atoms with Gasteiger partial charge < -0.3 is 4.90 Å². The standard InChI is InChI=1S/C9H7FN2S2/c1-12-8-6(10)2-5(4-11)3-7(8)14-9(12)13/h2-3,9,13H,1H3. The van der Waals surface area contributed by atoms with Crippen molar-refractivity contribution in [2.75, 3.05) is 11.9 Å². The maximum atomic E-state index is 13.5. The third-order valence-corrected chi connectivity index (χ3v) is 3.83. The van der Waals surface area contributed by atoms with E-state index in [0.29, 0.717) is 11.3 Å². The topological polar surface area (TPSA) is 27.0 Å². The summed E-state index contributed by atoms with van der Waals surface area (Å²) in [7, 11) is 1.78. The largest absolute Gasteiger partial charge is 0.351 e. The van der Waals surface area contributed by atoms with Crippen LogP contribution in [-0.2, 0) is 0 Å². The molecule has 1 aliphatic heterocycles. The Bertz CT molecular complexity index is 428. The smallest absolute Gasteiger partial charge is 0.149 e. The number of hydrogen-bond donors (Lipinski definition) is 1. The number of hydrogen-bond acceptors (Lipinski definition) is 4. The van der Waals surface area contributed by atoms with Crippen molar-refractivity contribution < 1.29 is 4.39 Å². The van der Waals surface area contributed by atoms with Gasteiger partial charge in [0.05, 0.1) is 17.3 Å². The van der Waals surface area contributed by atoms with Crippen LogP contribution < -0.4 is 4.90 Å². The lowest BCUT2D eigenvalue weighted by Crippen LogP contribution is -2.19. The molecule has 2 nitrogen and oxygen atoms in total. The van der Waals surface area contributed by atoms with Crippen LogP contribution in [0.4, 0.5) is 10.1 Å². The molecule has 0 amide bonds. The number of thioether (sulfide) groups is 1. The Balaban J connectivity index is 2.59. The van der Waals surface area contributed by atoms with Crippen LogP contribution in [0.15, 0.2) is 17.0 Å². The summed E-state index contributed by atoms with van der Waals surface area (Å²) < 4.78 is 13.4. The Morgan fingerprint density at radius 2 is 2.36 bits per heavy atom. The second-order valence-electron chi connectivity index (χ2n) is 2.97. The molecule has 1 unspecified atom stereocenters. The zero-order valence-corrected chi connectivity index (χ0v) is 9.07. The van der Waals surface area contributed by atoms with E-state index in [9.17, 15) is 4.39 Å². The third-order valence-electron chi connectivity index (χ3n) is 2.07. The molecule has 14 heavy (non-hydrogen) atoms. The van der Waals surface area contributed by atoms with Crippen LogP contribution in [0.3, 0.4) is 0 Å². The Hall–Kier alpha value is -0.860. The lowest BCUT2D eigenvalue weighted by atomic mass is 10.2. The van der Waals surface area contributed by atoms with Gasteiger partial charge in [-0.25, -0.2) is 4.39 Å². The number of rotatable bonds is 0. The average molecular weight is 226 g/mol. The summed E-state index contributed by atoms with van der Waals surface area (Å²) in [6.45, 7) is 0. The molecule has 1 atom stereocenters. The minimum absolute atomic E-state index is 0.0755. The van der Waals surface area contributed by atoms with E-state index in [0.717, 1.165) is 4.90 Å². The number of thiol groups is 1. The first-order chi connectivity index (χ1) is 6.63. The van der Waals surface area contributed by atoms with Gasteiger partial charge in [0.25, 0.3) is 0 Å². The van der Waals surface area contributed by atoms with E-state index >= 15 is 0 Å². The normalized spacial score (nSPS) is 19.3. The van der Waals surface area contributed by atoms with Gasteiger partial charge in [0.15, 0.2) is 0 Å².